The van der Waals surface area contributed by atoms with E-state index in [2.05, 4.69) is 4.99 Å². The molecule has 0 bridgehead atoms. The Hall–Kier alpha value is -1.52. The fraction of sp³-hybridized carbons (Fsp3) is 0.333. The van der Waals surface area contributed by atoms with Gasteiger partial charge in [0, 0.05) is 29.6 Å². The first-order valence-electron chi connectivity index (χ1n) is 6.55. The normalized spacial score (nSPS) is 15.9. The summed E-state index contributed by atoms with van der Waals surface area (Å²) in [7, 11) is 0. The minimum Gasteiger partial charge on any atom is -0.324 e. The third-order valence-electron chi connectivity index (χ3n) is 3.36. The molecule has 1 aromatic rings. The first-order chi connectivity index (χ1) is 9.56. The molecule has 0 amide bonds. The number of allylic oxidation sites excluding steroid dienone is 1. The smallest absolute Gasteiger partial charge is 0.195 e. The number of benzene rings is 1. The fourth-order valence-electron chi connectivity index (χ4n) is 2.12. The first kappa shape index (κ1) is 14.9. The van der Waals surface area contributed by atoms with E-state index in [1.807, 2.05) is 6.92 Å². The molecule has 0 spiro atoms. The molecule has 1 aliphatic heterocycles. The van der Waals surface area contributed by atoms with E-state index in [0.29, 0.717) is 30.4 Å². The summed E-state index contributed by atoms with van der Waals surface area (Å²) in [6.45, 7) is 1.86. The van der Waals surface area contributed by atoms with Gasteiger partial charge in [0.05, 0.1) is 10.6 Å². The highest BCUT2D eigenvalue weighted by Crippen LogP contribution is 2.29. The zero-order valence-electron chi connectivity index (χ0n) is 11.2. The van der Waals surface area contributed by atoms with E-state index >= 15 is 0 Å². The number of carbonyl (C=O) groups excluding carboxylic acids is 1. The average molecular weight is 295 g/mol. The van der Waals surface area contributed by atoms with Crippen LogP contribution >= 0.6 is 11.6 Å². The topological polar surface area (TPSA) is 55.5 Å². The van der Waals surface area contributed by atoms with Gasteiger partial charge in [0.2, 0.25) is 0 Å². The molecule has 2 rings (SSSR count). The molecular formula is C15H16ClFN2O. The lowest BCUT2D eigenvalue weighted by Crippen LogP contribution is -2.15. The van der Waals surface area contributed by atoms with Gasteiger partial charge in [-0.3, -0.25) is 9.79 Å². The zero-order valence-corrected chi connectivity index (χ0v) is 12.0. The van der Waals surface area contributed by atoms with Crippen LogP contribution in [0.2, 0.25) is 5.02 Å². The third-order valence-corrected chi connectivity index (χ3v) is 3.67. The summed E-state index contributed by atoms with van der Waals surface area (Å²) in [5.41, 5.74) is 6.55. The van der Waals surface area contributed by atoms with Crippen molar-refractivity contribution in [3.05, 3.63) is 45.9 Å². The summed E-state index contributed by atoms with van der Waals surface area (Å²) in [6.07, 6.45) is 4.98. The molecule has 0 radical (unpaired) electrons. The summed E-state index contributed by atoms with van der Waals surface area (Å²) in [5, 5.41) is 0.106. The Morgan fingerprint density at radius 1 is 1.55 bits per heavy atom. The van der Waals surface area contributed by atoms with Crippen LogP contribution in [0.25, 0.3) is 0 Å². The van der Waals surface area contributed by atoms with E-state index < -0.39 is 17.6 Å². The van der Waals surface area contributed by atoms with Crippen LogP contribution in [0, 0.1) is 5.82 Å². The lowest BCUT2D eigenvalue weighted by atomic mass is 9.95. The van der Waals surface area contributed by atoms with Gasteiger partial charge in [-0.05, 0) is 25.3 Å². The number of aliphatic imine (C=N–C) groups is 1. The molecule has 0 fully saturated rings. The van der Waals surface area contributed by atoms with Crippen LogP contribution in [-0.2, 0) is 0 Å². The van der Waals surface area contributed by atoms with Crippen LogP contribution in [0.15, 0.2) is 28.9 Å². The Balaban J connectivity index is 2.47. The fourth-order valence-corrected chi connectivity index (χ4v) is 2.35. The molecule has 1 aliphatic rings. The van der Waals surface area contributed by atoms with Crippen LogP contribution in [-0.4, -0.2) is 12.0 Å². The number of carbonyl (C=O) groups is 1. The summed E-state index contributed by atoms with van der Waals surface area (Å²) < 4.78 is 14.5. The third kappa shape index (κ3) is 2.81. The van der Waals surface area contributed by atoms with Crippen molar-refractivity contribution < 1.29 is 9.18 Å². The summed E-state index contributed by atoms with van der Waals surface area (Å²) >= 11 is 6.00. The number of hydrogen-bond donors (Lipinski definition) is 1. The predicted molar refractivity (Wildman–Crippen MR) is 78.8 cm³/mol. The lowest BCUT2D eigenvalue weighted by molar-refractivity contribution is 0.102. The molecule has 20 heavy (non-hydrogen) atoms. The van der Waals surface area contributed by atoms with Gasteiger partial charge in [-0.25, -0.2) is 4.39 Å². The molecule has 0 saturated heterocycles. The Labute approximate surface area is 122 Å². The molecule has 3 nitrogen and oxygen atoms in total. The molecule has 2 N–H and O–H groups in total. The SMILES string of the molecule is CCC(N)c1ccc(Cl)c(C(=O)C2=CN=CCC2)c1F. The van der Waals surface area contributed by atoms with Gasteiger partial charge in [-0.2, -0.15) is 0 Å². The Morgan fingerprint density at radius 2 is 2.30 bits per heavy atom. The lowest BCUT2D eigenvalue weighted by Gasteiger charge is -2.15. The Morgan fingerprint density at radius 3 is 2.90 bits per heavy atom. The van der Waals surface area contributed by atoms with Gasteiger partial charge in [0.25, 0.3) is 0 Å². The summed E-state index contributed by atoms with van der Waals surface area (Å²) in [4.78, 5) is 16.3. The van der Waals surface area contributed by atoms with E-state index in [1.54, 1.807) is 6.21 Å². The van der Waals surface area contributed by atoms with Crippen LogP contribution in [0.4, 0.5) is 4.39 Å². The van der Waals surface area contributed by atoms with Crippen LogP contribution < -0.4 is 5.73 Å². The van der Waals surface area contributed by atoms with Crippen molar-refractivity contribution in [1.29, 1.82) is 0 Å². The molecule has 1 atom stereocenters. The van der Waals surface area contributed by atoms with E-state index in [4.69, 9.17) is 17.3 Å². The van der Waals surface area contributed by atoms with Crippen molar-refractivity contribution >= 4 is 23.6 Å². The summed E-state index contributed by atoms with van der Waals surface area (Å²) in [5.74, 6) is -1.03. The van der Waals surface area contributed by atoms with E-state index in [-0.39, 0.29) is 10.6 Å². The monoisotopic (exact) mass is 294 g/mol. The highest BCUT2D eigenvalue weighted by Gasteiger charge is 2.24. The minimum absolute atomic E-state index is 0.101. The molecule has 1 unspecified atom stereocenters. The Kier molecular flexibility index (Phi) is 4.68. The quantitative estimate of drug-likeness (QED) is 0.858. The number of ketones is 1. The predicted octanol–water partition coefficient (Wildman–Crippen LogP) is 3.82. The van der Waals surface area contributed by atoms with Crippen LogP contribution in [0.5, 0.6) is 0 Å². The van der Waals surface area contributed by atoms with E-state index in [0.717, 1.165) is 0 Å². The van der Waals surface area contributed by atoms with Crippen molar-refractivity contribution in [2.75, 3.05) is 0 Å². The van der Waals surface area contributed by atoms with Gasteiger partial charge >= 0.3 is 0 Å². The van der Waals surface area contributed by atoms with Gasteiger partial charge in [-0.1, -0.05) is 24.6 Å². The van der Waals surface area contributed by atoms with Crippen molar-refractivity contribution in [2.24, 2.45) is 10.7 Å². The number of rotatable bonds is 4. The van der Waals surface area contributed by atoms with Crippen molar-refractivity contribution in [3.63, 3.8) is 0 Å². The molecular weight excluding hydrogens is 279 g/mol. The van der Waals surface area contributed by atoms with Crippen LogP contribution in [0.3, 0.4) is 0 Å². The average Bonchev–Trinajstić information content (AvgIpc) is 2.47. The van der Waals surface area contributed by atoms with Crippen molar-refractivity contribution in [1.82, 2.24) is 0 Å². The standard InChI is InChI=1S/C15H16ClFN2O/c1-2-12(18)10-5-6-11(16)13(14(10)17)15(20)9-4-3-7-19-8-9/h5-8,12H,2-4,18H2,1H3. The van der Waals surface area contributed by atoms with E-state index in [9.17, 15) is 9.18 Å². The second-order valence-electron chi connectivity index (χ2n) is 4.69. The second kappa shape index (κ2) is 6.29. The number of nitrogens with two attached hydrogens (primary N) is 1. The number of halogens is 2. The van der Waals surface area contributed by atoms with Crippen molar-refractivity contribution in [3.8, 4) is 0 Å². The molecule has 0 aliphatic carbocycles. The molecule has 1 aromatic carbocycles. The molecule has 106 valence electrons. The maximum absolute atomic E-state index is 14.5. The zero-order chi connectivity index (χ0) is 14.7. The van der Waals surface area contributed by atoms with Crippen molar-refractivity contribution in [2.45, 2.75) is 32.2 Å². The van der Waals surface area contributed by atoms with Gasteiger partial charge in [0.1, 0.15) is 5.82 Å². The number of hydrogen-bond acceptors (Lipinski definition) is 3. The maximum Gasteiger partial charge on any atom is 0.195 e. The van der Waals surface area contributed by atoms with Gasteiger partial charge in [0.15, 0.2) is 5.78 Å². The molecule has 5 heteroatoms. The largest absolute Gasteiger partial charge is 0.324 e. The summed E-state index contributed by atoms with van der Waals surface area (Å²) in [6, 6.07) is 2.61. The molecule has 0 aromatic heterocycles. The second-order valence-corrected chi connectivity index (χ2v) is 5.10. The number of nitrogens with zero attached hydrogens (tertiary/aromatic N) is 1. The Bertz CT molecular complexity index is 596. The van der Waals surface area contributed by atoms with Crippen LogP contribution in [0.1, 0.15) is 48.1 Å². The maximum atomic E-state index is 14.5. The molecule has 1 heterocycles. The highest BCUT2D eigenvalue weighted by molar-refractivity contribution is 6.35. The highest BCUT2D eigenvalue weighted by atomic mass is 35.5. The van der Waals surface area contributed by atoms with E-state index in [1.165, 1.54) is 18.3 Å². The first-order valence-corrected chi connectivity index (χ1v) is 6.92. The minimum atomic E-state index is -0.618. The van der Waals surface area contributed by atoms with Gasteiger partial charge < -0.3 is 5.73 Å². The number of Topliss-reactive ketones (excluding diaryl/α,β-unsaturated/α-hetero) is 1. The molecule has 0 saturated carbocycles. The van der Waals surface area contributed by atoms with Gasteiger partial charge in [-0.15, -0.1) is 0 Å².